The van der Waals surface area contributed by atoms with Gasteiger partial charge in [0.15, 0.2) is 0 Å². The predicted octanol–water partition coefficient (Wildman–Crippen LogP) is 0.494. The molecule has 0 spiro atoms. The summed E-state index contributed by atoms with van der Waals surface area (Å²) in [7, 11) is -7.49. The number of nitrogens with one attached hydrogen (secondary N) is 1. The molecule has 0 bridgehead atoms. The fraction of sp³-hybridized carbons (Fsp3) is 0.400. The molecular formula is C10H16N2O5S2. The molecule has 0 saturated heterocycles. The van der Waals surface area contributed by atoms with Crippen LogP contribution in [0.15, 0.2) is 23.1 Å². The van der Waals surface area contributed by atoms with Gasteiger partial charge in [0.25, 0.3) is 0 Å². The van der Waals surface area contributed by atoms with Gasteiger partial charge in [0.1, 0.15) is 10.6 Å². The Morgan fingerprint density at radius 2 is 1.84 bits per heavy atom. The Balaban J connectivity index is 3.27. The monoisotopic (exact) mass is 308 g/mol. The highest BCUT2D eigenvalue weighted by Gasteiger charge is 2.17. The molecule has 19 heavy (non-hydrogen) atoms. The summed E-state index contributed by atoms with van der Waals surface area (Å²) in [5, 5.41) is 5.07. The number of nitrogens with two attached hydrogens (primary N) is 1. The molecule has 0 aliphatic heterocycles. The zero-order valence-electron chi connectivity index (χ0n) is 10.6. The summed E-state index contributed by atoms with van der Waals surface area (Å²) < 4.78 is 53.1. The van der Waals surface area contributed by atoms with Gasteiger partial charge in [-0.25, -0.2) is 22.0 Å². The quantitative estimate of drug-likeness (QED) is 0.793. The Labute approximate surface area is 112 Å². The summed E-state index contributed by atoms with van der Waals surface area (Å²) >= 11 is 0. The minimum absolute atomic E-state index is 0.0875. The van der Waals surface area contributed by atoms with Crippen LogP contribution < -0.4 is 14.6 Å². The van der Waals surface area contributed by atoms with Crippen molar-refractivity contribution in [1.29, 1.82) is 0 Å². The van der Waals surface area contributed by atoms with Gasteiger partial charge < -0.3 is 4.74 Å². The molecule has 108 valence electrons. The fourth-order valence-corrected chi connectivity index (χ4v) is 2.65. The minimum atomic E-state index is -4.00. The zero-order valence-corrected chi connectivity index (χ0v) is 12.2. The maximum absolute atomic E-state index is 11.4. The van der Waals surface area contributed by atoms with E-state index in [0.717, 1.165) is 6.07 Å². The second-order valence-electron chi connectivity index (χ2n) is 3.65. The molecule has 0 radical (unpaired) electrons. The Bertz CT molecular complexity index is 652. The van der Waals surface area contributed by atoms with Crippen LogP contribution in [0.5, 0.6) is 5.75 Å². The molecule has 0 fully saturated rings. The Kier molecular flexibility index (Phi) is 4.77. The molecule has 1 aromatic rings. The third kappa shape index (κ3) is 4.37. The molecule has 0 unspecified atom stereocenters. The summed E-state index contributed by atoms with van der Waals surface area (Å²) in [5.41, 5.74) is 0.120. The van der Waals surface area contributed by atoms with Gasteiger partial charge in [0.2, 0.25) is 20.0 Å². The standard InChI is InChI=1S/C10H16N2O5S2/c1-3-17-9-6-5-8(12-18(13,14)4-2)7-10(9)19(11,15)16/h5-7,12H,3-4H2,1-2H3,(H2,11,15,16). The van der Waals surface area contributed by atoms with Crippen molar-refractivity contribution in [2.24, 2.45) is 5.14 Å². The number of hydrogen-bond acceptors (Lipinski definition) is 5. The van der Waals surface area contributed by atoms with Crippen LogP contribution in [0.1, 0.15) is 13.8 Å². The van der Waals surface area contributed by atoms with E-state index in [2.05, 4.69) is 4.72 Å². The molecular weight excluding hydrogens is 292 g/mol. The van der Waals surface area contributed by atoms with E-state index in [1.807, 2.05) is 0 Å². The summed E-state index contributed by atoms with van der Waals surface area (Å²) in [4.78, 5) is -0.259. The van der Waals surface area contributed by atoms with Gasteiger partial charge in [-0.1, -0.05) is 0 Å². The van der Waals surface area contributed by atoms with Crippen LogP contribution in [-0.2, 0) is 20.0 Å². The van der Waals surface area contributed by atoms with Crippen molar-refractivity contribution in [3.05, 3.63) is 18.2 Å². The lowest BCUT2D eigenvalue weighted by atomic mass is 10.3. The first-order valence-corrected chi connectivity index (χ1v) is 8.69. The predicted molar refractivity (Wildman–Crippen MR) is 72.1 cm³/mol. The fourth-order valence-electron chi connectivity index (χ4n) is 1.32. The van der Waals surface area contributed by atoms with Crippen LogP contribution in [0, 0.1) is 0 Å². The van der Waals surface area contributed by atoms with E-state index in [1.54, 1.807) is 6.92 Å². The third-order valence-electron chi connectivity index (χ3n) is 2.20. The number of benzene rings is 1. The number of sulfonamides is 2. The second-order valence-corrected chi connectivity index (χ2v) is 7.19. The van der Waals surface area contributed by atoms with Gasteiger partial charge in [-0.2, -0.15) is 0 Å². The maximum Gasteiger partial charge on any atom is 0.241 e. The highest BCUT2D eigenvalue weighted by Crippen LogP contribution is 2.26. The molecule has 1 aromatic carbocycles. The molecule has 0 heterocycles. The van der Waals surface area contributed by atoms with Crippen LogP contribution in [-0.4, -0.2) is 29.2 Å². The first kappa shape index (κ1) is 15.7. The molecule has 7 nitrogen and oxygen atoms in total. The lowest BCUT2D eigenvalue weighted by Crippen LogP contribution is -2.17. The zero-order chi connectivity index (χ0) is 14.7. The van der Waals surface area contributed by atoms with E-state index < -0.39 is 20.0 Å². The molecule has 0 atom stereocenters. The molecule has 9 heteroatoms. The SMILES string of the molecule is CCOc1ccc(NS(=O)(=O)CC)cc1S(N)(=O)=O. The van der Waals surface area contributed by atoms with Gasteiger partial charge in [-0.3, -0.25) is 4.72 Å². The Morgan fingerprint density at radius 3 is 2.32 bits per heavy atom. The smallest absolute Gasteiger partial charge is 0.241 e. The van der Waals surface area contributed by atoms with Crippen LogP contribution in [0.2, 0.25) is 0 Å². The van der Waals surface area contributed by atoms with Crippen molar-refractivity contribution in [3.63, 3.8) is 0 Å². The molecule has 3 N–H and O–H groups in total. The van der Waals surface area contributed by atoms with Crippen molar-refractivity contribution >= 4 is 25.7 Å². The molecule has 0 amide bonds. The highest BCUT2D eigenvalue weighted by molar-refractivity contribution is 7.92. The topological polar surface area (TPSA) is 116 Å². The number of hydrogen-bond donors (Lipinski definition) is 2. The second kappa shape index (κ2) is 5.76. The maximum atomic E-state index is 11.4. The van der Waals surface area contributed by atoms with Gasteiger partial charge in [0, 0.05) is 0 Å². The van der Waals surface area contributed by atoms with Gasteiger partial charge >= 0.3 is 0 Å². The lowest BCUT2D eigenvalue weighted by molar-refractivity contribution is 0.331. The number of anilines is 1. The van der Waals surface area contributed by atoms with Crippen molar-refractivity contribution in [1.82, 2.24) is 0 Å². The normalized spacial score (nSPS) is 12.2. The first-order valence-electron chi connectivity index (χ1n) is 5.49. The molecule has 0 aliphatic rings. The van der Waals surface area contributed by atoms with Crippen LogP contribution in [0.3, 0.4) is 0 Å². The summed E-state index contributed by atoms with van der Waals surface area (Å²) in [6.45, 7) is 3.43. The van der Waals surface area contributed by atoms with Crippen LogP contribution in [0.25, 0.3) is 0 Å². The van der Waals surface area contributed by atoms with Crippen LogP contribution >= 0.6 is 0 Å². The van der Waals surface area contributed by atoms with Crippen molar-refractivity contribution < 1.29 is 21.6 Å². The van der Waals surface area contributed by atoms with Gasteiger partial charge in [-0.15, -0.1) is 0 Å². The number of rotatable bonds is 6. The average Bonchev–Trinajstić information content (AvgIpc) is 2.30. The number of primary sulfonamides is 1. The summed E-state index contributed by atoms with van der Waals surface area (Å²) in [5.74, 6) is -0.0327. The van der Waals surface area contributed by atoms with E-state index in [9.17, 15) is 16.8 Å². The Morgan fingerprint density at radius 1 is 1.21 bits per heavy atom. The lowest BCUT2D eigenvalue weighted by Gasteiger charge is -2.11. The third-order valence-corrected chi connectivity index (χ3v) is 4.44. The van der Waals surface area contributed by atoms with Gasteiger partial charge in [0.05, 0.1) is 18.0 Å². The van der Waals surface area contributed by atoms with E-state index in [-0.39, 0.29) is 28.7 Å². The van der Waals surface area contributed by atoms with E-state index in [4.69, 9.17) is 9.88 Å². The largest absolute Gasteiger partial charge is 0.492 e. The minimum Gasteiger partial charge on any atom is -0.492 e. The van der Waals surface area contributed by atoms with Crippen LogP contribution in [0.4, 0.5) is 5.69 Å². The highest BCUT2D eigenvalue weighted by atomic mass is 32.2. The van der Waals surface area contributed by atoms with E-state index in [1.165, 1.54) is 19.1 Å². The first-order chi connectivity index (χ1) is 8.69. The van der Waals surface area contributed by atoms with Crippen molar-refractivity contribution in [2.75, 3.05) is 17.1 Å². The van der Waals surface area contributed by atoms with Gasteiger partial charge in [-0.05, 0) is 32.0 Å². The molecule has 0 aromatic heterocycles. The summed E-state index contributed by atoms with van der Waals surface area (Å²) in [6.07, 6.45) is 0. The molecule has 0 saturated carbocycles. The Hall–Kier alpha value is -1.32. The molecule has 1 rings (SSSR count). The average molecular weight is 308 g/mol. The number of ether oxygens (including phenoxy) is 1. The van der Waals surface area contributed by atoms with Crippen molar-refractivity contribution in [2.45, 2.75) is 18.7 Å². The van der Waals surface area contributed by atoms with E-state index >= 15 is 0 Å². The summed E-state index contributed by atoms with van der Waals surface area (Å²) in [6, 6.07) is 3.90. The van der Waals surface area contributed by atoms with E-state index in [0.29, 0.717) is 0 Å². The van der Waals surface area contributed by atoms with Crippen molar-refractivity contribution in [3.8, 4) is 5.75 Å². The molecule has 0 aliphatic carbocycles.